The Balaban J connectivity index is 1.82. The fourth-order valence-corrected chi connectivity index (χ4v) is 4.00. The molecule has 2 atom stereocenters. The van der Waals surface area contributed by atoms with Crippen molar-refractivity contribution in [2.24, 2.45) is 17.3 Å². The first-order chi connectivity index (χ1) is 10.7. The van der Waals surface area contributed by atoms with E-state index in [2.05, 4.69) is 33.0 Å². The van der Waals surface area contributed by atoms with E-state index >= 15 is 0 Å². The highest BCUT2D eigenvalue weighted by molar-refractivity contribution is 5.75. The smallest absolute Gasteiger partial charge is 0.317 e. The number of urea groups is 1. The predicted molar refractivity (Wildman–Crippen MR) is 90.3 cm³/mol. The highest BCUT2D eigenvalue weighted by Crippen LogP contribution is 2.36. The number of hydrogen-bond donors (Lipinski definition) is 2. The summed E-state index contributed by atoms with van der Waals surface area (Å²) in [5, 5.41) is 12.2. The van der Waals surface area contributed by atoms with Crippen molar-refractivity contribution in [2.75, 3.05) is 6.54 Å². The van der Waals surface area contributed by atoms with Crippen LogP contribution in [0.4, 0.5) is 4.79 Å². The van der Waals surface area contributed by atoms with Crippen molar-refractivity contribution in [1.82, 2.24) is 10.2 Å². The first-order valence-corrected chi connectivity index (χ1v) is 8.98. The van der Waals surface area contributed by atoms with Gasteiger partial charge in [0.25, 0.3) is 0 Å². The third-order valence-corrected chi connectivity index (χ3v) is 5.77. The van der Waals surface area contributed by atoms with Crippen LogP contribution in [0.3, 0.4) is 0 Å². The molecule has 1 aliphatic carbocycles. The molecule has 2 unspecified atom stereocenters. The fourth-order valence-electron chi connectivity index (χ4n) is 4.00. The van der Waals surface area contributed by atoms with Crippen molar-refractivity contribution >= 4 is 12.0 Å². The van der Waals surface area contributed by atoms with Crippen molar-refractivity contribution in [3.8, 4) is 0 Å². The molecule has 1 saturated carbocycles. The molecule has 1 saturated heterocycles. The van der Waals surface area contributed by atoms with E-state index < -0.39 is 5.97 Å². The number of amides is 2. The van der Waals surface area contributed by atoms with E-state index in [1.807, 2.05) is 4.90 Å². The lowest BCUT2D eigenvalue weighted by atomic mass is 9.73. The lowest BCUT2D eigenvalue weighted by Gasteiger charge is -2.43. The molecule has 2 aliphatic rings. The van der Waals surface area contributed by atoms with Gasteiger partial charge in [0, 0.05) is 18.6 Å². The summed E-state index contributed by atoms with van der Waals surface area (Å²) >= 11 is 0. The molecule has 23 heavy (non-hydrogen) atoms. The molecule has 0 aromatic rings. The highest BCUT2D eigenvalue weighted by Gasteiger charge is 2.35. The maximum Gasteiger partial charge on any atom is 0.317 e. The number of carbonyl (C=O) groups is 2. The van der Waals surface area contributed by atoms with E-state index in [1.165, 1.54) is 0 Å². The minimum atomic E-state index is -0.701. The zero-order valence-electron chi connectivity index (χ0n) is 15.0. The minimum Gasteiger partial charge on any atom is -0.481 e. The van der Waals surface area contributed by atoms with Gasteiger partial charge in [-0.3, -0.25) is 4.79 Å². The maximum absolute atomic E-state index is 12.5. The molecule has 2 fully saturated rings. The molecular weight excluding hydrogens is 292 g/mol. The average molecular weight is 324 g/mol. The lowest BCUT2D eigenvalue weighted by Crippen LogP contribution is -2.53. The fraction of sp³-hybridized carbons (Fsp3) is 0.889. The van der Waals surface area contributed by atoms with Gasteiger partial charge in [0.1, 0.15) is 0 Å². The highest BCUT2D eigenvalue weighted by atomic mass is 16.4. The standard InChI is InChI=1S/C18H32N2O3/c1-12-11-14(18(2,3)4)9-10-20(12)17(23)19-15-7-5-13(6-8-15)16(21)22/h12-15H,5-11H2,1-4H3,(H,19,23)(H,21,22). The van der Waals surface area contributed by atoms with Gasteiger partial charge in [-0.25, -0.2) is 4.79 Å². The van der Waals surface area contributed by atoms with Crippen LogP contribution in [0.1, 0.15) is 66.2 Å². The maximum atomic E-state index is 12.5. The SMILES string of the molecule is CC1CC(C(C)(C)C)CCN1C(=O)NC1CCC(C(=O)O)CC1. The molecule has 0 bridgehead atoms. The third kappa shape index (κ3) is 4.61. The Morgan fingerprint density at radius 2 is 1.70 bits per heavy atom. The van der Waals surface area contributed by atoms with E-state index in [9.17, 15) is 9.59 Å². The zero-order chi connectivity index (χ0) is 17.2. The van der Waals surface area contributed by atoms with Crippen LogP contribution >= 0.6 is 0 Å². The topological polar surface area (TPSA) is 69.6 Å². The summed E-state index contributed by atoms with van der Waals surface area (Å²) in [7, 11) is 0. The first-order valence-electron chi connectivity index (χ1n) is 8.98. The number of hydrogen-bond acceptors (Lipinski definition) is 2. The lowest BCUT2D eigenvalue weighted by molar-refractivity contribution is -0.142. The van der Waals surface area contributed by atoms with Crippen LogP contribution in [0.2, 0.25) is 0 Å². The number of carboxylic acids is 1. The molecule has 0 aromatic carbocycles. The van der Waals surface area contributed by atoms with Crippen LogP contribution in [0.15, 0.2) is 0 Å². The van der Waals surface area contributed by atoms with Crippen LogP contribution in [0.5, 0.6) is 0 Å². The van der Waals surface area contributed by atoms with Gasteiger partial charge < -0.3 is 15.3 Å². The summed E-state index contributed by atoms with van der Waals surface area (Å²) in [6.07, 6.45) is 5.00. The molecule has 0 radical (unpaired) electrons. The summed E-state index contributed by atoms with van der Waals surface area (Å²) in [5.74, 6) is -0.273. The van der Waals surface area contributed by atoms with Crippen molar-refractivity contribution in [1.29, 1.82) is 0 Å². The number of carbonyl (C=O) groups excluding carboxylic acids is 1. The number of carboxylic acid groups (broad SMARTS) is 1. The summed E-state index contributed by atoms with van der Waals surface area (Å²) in [5.41, 5.74) is 0.298. The van der Waals surface area contributed by atoms with Crippen molar-refractivity contribution < 1.29 is 14.7 Å². The summed E-state index contributed by atoms with van der Waals surface area (Å²) < 4.78 is 0. The Morgan fingerprint density at radius 3 is 2.17 bits per heavy atom. The van der Waals surface area contributed by atoms with Crippen molar-refractivity contribution in [3.63, 3.8) is 0 Å². The molecule has 1 aliphatic heterocycles. The van der Waals surface area contributed by atoms with Crippen molar-refractivity contribution in [3.05, 3.63) is 0 Å². The number of likely N-dealkylation sites (tertiary alicyclic amines) is 1. The molecular formula is C18H32N2O3. The number of aliphatic carboxylic acids is 1. The molecule has 2 N–H and O–H groups in total. The van der Waals surface area contributed by atoms with Crippen LogP contribution in [0, 0.1) is 17.3 Å². The molecule has 132 valence electrons. The van der Waals surface area contributed by atoms with Gasteiger partial charge in [0.15, 0.2) is 0 Å². The zero-order valence-corrected chi connectivity index (χ0v) is 15.0. The first kappa shape index (κ1) is 18.1. The summed E-state index contributed by atoms with van der Waals surface area (Å²) in [6, 6.07) is 0.428. The monoisotopic (exact) mass is 324 g/mol. The molecule has 0 spiro atoms. The van der Waals surface area contributed by atoms with Gasteiger partial charge >= 0.3 is 12.0 Å². The molecule has 1 heterocycles. The van der Waals surface area contributed by atoms with Gasteiger partial charge in [-0.1, -0.05) is 20.8 Å². The number of nitrogens with one attached hydrogen (secondary N) is 1. The van der Waals surface area contributed by atoms with Crippen LogP contribution in [0.25, 0.3) is 0 Å². The van der Waals surface area contributed by atoms with E-state index in [-0.39, 0.29) is 24.0 Å². The van der Waals surface area contributed by atoms with Crippen LogP contribution in [-0.4, -0.2) is 40.6 Å². The second-order valence-electron chi connectivity index (χ2n) is 8.47. The molecule has 5 heteroatoms. The Labute approximate surface area is 139 Å². The predicted octanol–water partition coefficient (Wildman–Crippen LogP) is 3.49. The number of rotatable bonds is 2. The van der Waals surface area contributed by atoms with Gasteiger partial charge in [0.05, 0.1) is 5.92 Å². The van der Waals surface area contributed by atoms with E-state index in [1.54, 1.807) is 0 Å². The summed E-state index contributed by atoms with van der Waals surface area (Å²) in [6.45, 7) is 9.79. The largest absolute Gasteiger partial charge is 0.481 e. The normalized spacial score (nSPS) is 32.4. The summed E-state index contributed by atoms with van der Waals surface area (Å²) in [4.78, 5) is 25.5. The molecule has 0 aromatic heterocycles. The van der Waals surface area contributed by atoms with Gasteiger partial charge in [-0.2, -0.15) is 0 Å². The number of nitrogens with zero attached hydrogens (tertiary/aromatic N) is 1. The van der Waals surface area contributed by atoms with E-state index in [0.29, 0.717) is 24.2 Å². The molecule has 2 amide bonds. The van der Waals surface area contributed by atoms with E-state index in [0.717, 1.165) is 32.2 Å². The second kappa shape index (κ2) is 7.10. The Kier molecular flexibility index (Phi) is 5.58. The Bertz CT molecular complexity index is 436. The molecule has 5 nitrogen and oxygen atoms in total. The Hall–Kier alpha value is -1.26. The number of piperidine rings is 1. The van der Waals surface area contributed by atoms with Gasteiger partial charge in [-0.15, -0.1) is 0 Å². The van der Waals surface area contributed by atoms with Gasteiger partial charge in [0.2, 0.25) is 0 Å². The van der Waals surface area contributed by atoms with Crippen LogP contribution < -0.4 is 5.32 Å². The average Bonchev–Trinajstić information content (AvgIpc) is 2.46. The molecule has 2 rings (SSSR count). The second-order valence-corrected chi connectivity index (χ2v) is 8.47. The van der Waals surface area contributed by atoms with E-state index in [4.69, 9.17) is 5.11 Å². The Morgan fingerprint density at radius 1 is 1.09 bits per heavy atom. The quantitative estimate of drug-likeness (QED) is 0.817. The van der Waals surface area contributed by atoms with Crippen molar-refractivity contribution in [2.45, 2.75) is 78.3 Å². The van der Waals surface area contributed by atoms with Gasteiger partial charge in [-0.05, 0) is 56.8 Å². The minimum absolute atomic E-state index is 0.0311. The third-order valence-electron chi connectivity index (χ3n) is 5.77. The van der Waals surface area contributed by atoms with Crippen LogP contribution in [-0.2, 0) is 4.79 Å².